The third-order valence-electron chi connectivity index (χ3n) is 3.39. The number of hydrogen-bond acceptors (Lipinski definition) is 4. The smallest absolute Gasteiger partial charge is 0.338 e. The molecule has 4 nitrogen and oxygen atoms in total. The molecule has 2 rings (SSSR count). The molecule has 0 amide bonds. The van der Waals surface area contributed by atoms with Crippen molar-refractivity contribution in [3.8, 4) is 6.07 Å². The maximum atomic E-state index is 11.9. The second kappa shape index (κ2) is 8.21. The zero-order chi connectivity index (χ0) is 16.7. The molecule has 0 heterocycles. The van der Waals surface area contributed by atoms with Crippen LogP contribution < -0.4 is 4.90 Å². The van der Waals surface area contributed by atoms with E-state index in [0.717, 1.165) is 5.69 Å². The minimum Gasteiger partial charge on any atom is -0.460 e. The van der Waals surface area contributed by atoms with Crippen molar-refractivity contribution in [2.45, 2.75) is 13.0 Å². The first-order valence-electron chi connectivity index (χ1n) is 7.26. The lowest BCUT2D eigenvalue weighted by atomic mass is 10.2. The Morgan fingerprint density at radius 3 is 2.52 bits per heavy atom. The van der Waals surface area contributed by atoms with Gasteiger partial charge in [-0.1, -0.05) is 41.9 Å². The van der Waals surface area contributed by atoms with Gasteiger partial charge < -0.3 is 9.64 Å². The van der Waals surface area contributed by atoms with Crippen LogP contribution in [0.2, 0.25) is 5.02 Å². The number of nitriles is 1. The molecule has 0 aliphatic heterocycles. The second-order valence-electron chi connectivity index (χ2n) is 4.95. The van der Waals surface area contributed by atoms with Gasteiger partial charge in [0.1, 0.15) is 12.6 Å². The van der Waals surface area contributed by atoms with Gasteiger partial charge in [-0.15, -0.1) is 0 Å². The zero-order valence-corrected chi connectivity index (χ0v) is 13.5. The van der Waals surface area contributed by atoms with E-state index >= 15 is 0 Å². The summed E-state index contributed by atoms with van der Waals surface area (Å²) in [6, 6.07) is 17.9. The second-order valence-corrected chi connectivity index (χ2v) is 5.36. The first kappa shape index (κ1) is 16.9. The first-order valence-corrected chi connectivity index (χ1v) is 7.64. The number of rotatable bonds is 6. The van der Waals surface area contributed by atoms with E-state index in [1.807, 2.05) is 29.2 Å². The number of esters is 1. The van der Waals surface area contributed by atoms with E-state index in [1.54, 1.807) is 37.3 Å². The molecular weight excluding hydrogens is 312 g/mol. The number of anilines is 1. The van der Waals surface area contributed by atoms with Crippen molar-refractivity contribution in [3.05, 3.63) is 65.2 Å². The summed E-state index contributed by atoms with van der Waals surface area (Å²) in [5.74, 6) is -0.380. The Morgan fingerprint density at radius 1 is 1.22 bits per heavy atom. The van der Waals surface area contributed by atoms with Gasteiger partial charge in [0.05, 0.1) is 28.9 Å². The van der Waals surface area contributed by atoms with Crippen LogP contribution in [0.3, 0.4) is 0 Å². The van der Waals surface area contributed by atoms with Gasteiger partial charge in [-0.05, 0) is 31.2 Å². The summed E-state index contributed by atoms with van der Waals surface area (Å²) in [7, 11) is 0. The molecule has 1 atom stereocenters. The number of para-hydroxylation sites is 1. The largest absolute Gasteiger partial charge is 0.460 e. The average Bonchev–Trinajstić information content (AvgIpc) is 2.59. The van der Waals surface area contributed by atoms with Crippen LogP contribution in [-0.2, 0) is 4.74 Å². The molecule has 0 N–H and O–H groups in total. The van der Waals surface area contributed by atoms with Crippen LogP contribution in [0.25, 0.3) is 0 Å². The van der Waals surface area contributed by atoms with Gasteiger partial charge in [0, 0.05) is 0 Å². The molecule has 23 heavy (non-hydrogen) atoms. The summed E-state index contributed by atoms with van der Waals surface area (Å²) in [5, 5.41) is 9.76. The molecule has 1 unspecified atom stereocenters. The van der Waals surface area contributed by atoms with Crippen LogP contribution in [0.5, 0.6) is 0 Å². The quantitative estimate of drug-likeness (QED) is 0.754. The fourth-order valence-electron chi connectivity index (χ4n) is 2.17. The lowest BCUT2D eigenvalue weighted by Gasteiger charge is -2.27. The van der Waals surface area contributed by atoms with E-state index in [1.165, 1.54) is 0 Å². The maximum Gasteiger partial charge on any atom is 0.338 e. The third kappa shape index (κ3) is 4.48. The summed E-state index contributed by atoms with van der Waals surface area (Å²) in [5.41, 5.74) is 1.25. The number of carbonyl (C=O) groups excluding carboxylic acids is 1. The number of halogens is 1. The first-order chi connectivity index (χ1) is 11.1. The van der Waals surface area contributed by atoms with E-state index in [-0.39, 0.29) is 18.6 Å². The minimum atomic E-state index is -0.384. The summed E-state index contributed by atoms with van der Waals surface area (Å²) in [6.45, 7) is 2.34. The van der Waals surface area contributed by atoms with Gasteiger partial charge in [0.2, 0.25) is 0 Å². The monoisotopic (exact) mass is 328 g/mol. The van der Waals surface area contributed by atoms with Crippen molar-refractivity contribution in [3.63, 3.8) is 0 Å². The number of carbonyl (C=O) groups is 1. The number of benzene rings is 2. The Balaban J connectivity index is 2.01. The van der Waals surface area contributed by atoms with Crippen LogP contribution in [0.1, 0.15) is 17.3 Å². The highest BCUT2D eigenvalue weighted by Crippen LogP contribution is 2.26. The van der Waals surface area contributed by atoms with E-state index < -0.39 is 0 Å². The molecule has 0 aromatic heterocycles. The van der Waals surface area contributed by atoms with E-state index in [4.69, 9.17) is 16.3 Å². The summed E-state index contributed by atoms with van der Waals surface area (Å²) < 4.78 is 5.28. The van der Waals surface area contributed by atoms with Crippen molar-refractivity contribution in [2.24, 2.45) is 0 Å². The van der Waals surface area contributed by atoms with Gasteiger partial charge in [-0.25, -0.2) is 4.79 Å². The van der Waals surface area contributed by atoms with Crippen LogP contribution in [0, 0.1) is 11.3 Å². The van der Waals surface area contributed by atoms with Gasteiger partial charge in [0.15, 0.2) is 0 Å². The van der Waals surface area contributed by atoms with Gasteiger partial charge >= 0.3 is 5.97 Å². The van der Waals surface area contributed by atoms with Crippen LogP contribution in [0.4, 0.5) is 5.69 Å². The van der Waals surface area contributed by atoms with Crippen molar-refractivity contribution >= 4 is 23.3 Å². The molecular formula is C18H17ClN2O2. The Morgan fingerprint density at radius 2 is 1.87 bits per heavy atom. The Labute approximate surface area is 140 Å². The topological polar surface area (TPSA) is 53.3 Å². The standard InChI is InChI=1S/C18H17ClN2O2/c1-14(13-20)21(17-10-6-5-9-16(17)19)11-12-23-18(22)15-7-3-2-4-8-15/h2-10,14H,11-12H2,1H3. The molecule has 2 aromatic rings. The van der Waals surface area contributed by atoms with Crippen LogP contribution >= 0.6 is 11.6 Å². The molecule has 0 bridgehead atoms. The van der Waals surface area contributed by atoms with E-state index in [9.17, 15) is 10.1 Å². The SMILES string of the molecule is CC(C#N)N(CCOC(=O)c1ccccc1)c1ccccc1Cl. The van der Waals surface area contributed by atoms with Crippen molar-refractivity contribution in [2.75, 3.05) is 18.1 Å². The molecule has 0 aliphatic carbocycles. The van der Waals surface area contributed by atoms with Crippen molar-refractivity contribution in [1.29, 1.82) is 5.26 Å². The third-order valence-corrected chi connectivity index (χ3v) is 3.71. The number of nitrogens with zero attached hydrogens (tertiary/aromatic N) is 2. The molecule has 0 aliphatic rings. The highest BCUT2D eigenvalue weighted by atomic mass is 35.5. The molecule has 0 fully saturated rings. The minimum absolute atomic E-state index is 0.172. The highest BCUT2D eigenvalue weighted by molar-refractivity contribution is 6.33. The normalized spacial score (nSPS) is 11.3. The number of hydrogen-bond donors (Lipinski definition) is 0. The molecule has 2 aromatic carbocycles. The van der Waals surface area contributed by atoms with Crippen molar-refractivity contribution in [1.82, 2.24) is 0 Å². The molecule has 5 heteroatoms. The lowest BCUT2D eigenvalue weighted by Crippen LogP contribution is -2.35. The Kier molecular flexibility index (Phi) is 6.02. The zero-order valence-electron chi connectivity index (χ0n) is 12.8. The van der Waals surface area contributed by atoms with Crippen LogP contribution in [0.15, 0.2) is 54.6 Å². The van der Waals surface area contributed by atoms with Crippen molar-refractivity contribution < 1.29 is 9.53 Å². The summed E-state index contributed by atoms with van der Waals surface area (Å²) >= 11 is 6.20. The Hall–Kier alpha value is -2.51. The highest BCUT2D eigenvalue weighted by Gasteiger charge is 2.17. The van der Waals surface area contributed by atoms with E-state index in [2.05, 4.69) is 6.07 Å². The predicted octanol–water partition coefficient (Wildman–Crippen LogP) is 3.92. The molecule has 0 radical (unpaired) electrons. The molecule has 0 spiro atoms. The average molecular weight is 329 g/mol. The van der Waals surface area contributed by atoms with Gasteiger partial charge in [-0.3, -0.25) is 0 Å². The number of ether oxygens (including phenoxy) is 1. The van der Waals surface area contributed by atoms with Gasteiger partial charge in [-0.2, -0.15) is 5.26 Å². The molecule has 0 saturated heterocycles. The Bertz CT molecular complexity index is 698. The van der Waals surface area contributed by atoms with E-state index in [0.29, 0.717) is 17.1 Å². The fraction of sp³-hybridized carbons (Fsp3) is 0.222. The molecule has 0 saturated carbocycles. The summed E-state index contributed by atoms with van der Waals surface area (Å²) in [4.78, 5) is 13.8. The maximum absolute atomic E-state index is 11.9. The predicted molar refractivity (Wildman–Crippen MR) is 90.6 cm³/mol. The fourth-order valence-corrected chi connectivity index (χ4v) is 2.42. The summed E-state index contributed by atoms with van der Waals surface area (Å²) in [6.07, 6.45) is 0. The van der Waals surface area contributed by atoms with Gasteiger partial charge in [0.25, 0.3) is 0 Å². The van der Waals surface area contributed by atoms with Crippen LogP contribution in [-0.4, -0.2) is 25.2 Å². The lowest BCUT2D eigenvalue weighted by molar-refractivity contribution is 0.0514. The molecule has 118 valence electrons.